The van der Waals surface area contributed by atoms with Gasteiger partial charge in [0.05, 0.1) is 11.5 Å². The van der Waals surface area contributed by atoms with Crippen molar-refractivity contribution >= 4 is 0 Å². The number of rotatable bonds is 7. The van der Waals surface area contributed by atoms with Crippen molar-refractivity contribution in [2.75, 3.05) is 0 Å². The molecule has 1 aliphatic rings. The van der Waals surface area contributed by atoms with Crippen LogP contribution in [0.2, 0.25) is 0 Å². The number of aromatic nitrogens is 1. The average molecular weight is 400 g/mol. The number of aliphatic hydroxyl groups is 1. The van der Waals surface area contributed by atoms with Crippen molar-refractivity contribution in [2.45, 2.75) is 52.4 Å². The van der Waals surface area contributed by atoms with Gasteiger partial charge in [-0.25, -0.2) is 0 Å². The van der Waals surface area contributed by atoms with Gasteiger partial charge in [-0.2, -0.15) is 0 Å². The Balaban J connectivity index is 1.78. The SMILES string of the molecule is C=C(O)CCc1cccc(-n2c(-c3ccccc3)cc3c2CCC(C(C)CC)C3)c1. The summed E-state index contributed by atoms with van der Waals surface area (Å²) >= 11 is 0. The maximum absolute atomic E-state index is 9.51. The molecular formula is C28H33NO. The van der Waals surface area contributed by atoms with Gasteiger partial charge in [-0.3, -0.25) is 0 Å². The van der Waals surface area contributed by atoms with Crippen LogP contribution >= 0.6 is 0 Å². The fraction of sp³-hybridized carbons (Fsp3) is 0.357. The second kappa shape index (κ2) is 8.95. The van der Waals surface area contributed by atoms with Crippen LogP contribution in [0.5, 0.6) is 0 Å². The van der Waals surface area contributed by atoms with E-state index in [2.05, 4.69) is 85.7 Å². The Morgan fingerprint density at radius 2 is 1.93 bits per heavy atom. The standard InChI is InChI=1S/C28H33NO/c1-4-20(2)24-15-16-27-25(18-24)19-28(23-10-6-5-7-11-23)29(27)26-12-8-9-22(17-26)14-13-21(3)30/h5-12,17,19-20,24,30H,3-4,13-16,18H2,1-2H3. The summed E-state index contributed by atoms with van der Waals surface area (Å²) in [7, 11) is 0. The molecule has 30 heavy (non-hydrogen) atoms. The molecule has 1 N–H and O–H groups in total. The van der Waals surface area contributed by atoms with Crippen molar-refractivity contribution < 1.29 is 5.11 Å². The Labute approximate surface area is 180 Å². The molecule has 1 heterocycles. The largest absolute Gasteiger partial charge is 0.513 e. The first-order chi connectivity index (χ1) is 14.6. The molecule has 0 bridgehead atoms. The molecule has 2 heteroatoms. The van der Waals surface area contributed by atoms with Crippen LogP contribution in [0.3, 0.4) is 0 Å². The molecule has 1 aliphatic carbocycles. The lowest BCUT2D eigenvalue weighted by atomic mass is 9.79. The van der Waals surface area contributed by atoms with Crippen molar-refractivity contribution in [3.05, 3.63) is 89.8 Å². The topological polar surface area (TPSA) is 25.2 Å². The van der Waals surface area contributed by atoms with Crippen LogP contribution in [-0.2, 0) is 19.3 Å². The number of nitrogens with zero attached hydrogens (tertiary/aromatic N) is 1. The molecule has 3 aromatic rings. The lowest BCUT2D eigenvalue weighted by molar-refractivity contribution is 0.311. The molecule has 0 radical (unpaired) electrons. The lowest BCUT2D eigenvalue weighted by Crippen LogP contribution is -2.21. The van der Waals surface area contributed by atoms with Crippen LogP contribution < -0.4 is 0 Å². The van der Waals surface area contributed by atoms with Crippen molar-refractivity contribution in [2.24, 2.45) is 11.8 Å². The highest BCUT2D eigenvalue weighted by molar-refractivity contribution is 5.66. The number of allylic oxidation sites excluding steroid dienone is 1. The van der Waals surface area contributed by atoms with Gasteiger partial charge in [0.2, 0.25) is 0 Å². The van der Waals surface area contributed by atoms with Crippen LogP contribution in [0.1, 0.15) is 49.9 Å². The van der Waals surface area contributed by atoms with Gasteiger partial charge >= 0.3 is 0 Å². The zero-order valence-corrected chi connectivity index (χ0v) is 18.3. The predicted octanol–water partition coefficient (Wildman–Crippen LogP) is 7.30. The first kappa shape index (κ1) is 20.5. The summed E-state index contributed by atoms with van der Waals surface area (Å²) in [6, 6.07) is 21.9. The molecule has 0 spiro atoms. The highest BCUT2D eigenvalue weighted by Gasteiger charge is 2.27. The second-order valence-corrected chi connectivity index (χ2v) is 8.83. The Hall–Kier alpha value is -2.74. The van der Waals surface area contributed by atoms with E-state index in [-0.39, 0.29) is 5.76 Å². The third-order valence-electron chi connectivity index (χ3n) is 6.82. The number of hydrogen-bond acceptors (Lipinski definition) is 1. The van der Waals surface area contributed by atoms with Gasteiger partial charge in [-0.15, -0.1) is 0 Å². The fourth-order valence-corrected chi connectivity index (χ4v) is 4.83. The molecule has 2 aromatic carbocycles. The molecular weight excluding hydrogens is 366 g/mol. The first-order valence-electron chi connectivity index (χ1n) is 11.3. The van der Waals surface area contributed by atoms with Gasteiger partial charge in [-0.05, 0) is 72.4 Å². The van der Waals surface area contributed by atoms with Crippen LogP contribution in [0.4, 0.5) is 0 Å². The maximum Gasteiger partial charge on any atom is 0.0854 e. The highest BCUT2D eigenvalue weighted by Crippen LogP contribution is 2.38. The second-order valence-electron chi connectivity index (χ2n) is 8.83. The minimum atomic E-state index is 0.250. The molecule has 0 amide bonds. The minimum absolute atomic E-state index is 0.250. The maximum atomic E-state index is 9.51. The molecule has 0 saturated carbocycles. The van der Waals surface area contributed by atoms with E-state index in [1.54, 1.807) is 0 Å². The van der Waals surface area contributed by atoms with E-state index in [9.17, 15) is 5.11 Å². The summed E-state index contributed by atoms with van der Waals surface area (Å²) in [5.74, 6) is 1.81. The summed E-state index contributed by atoms with van der Waals surface area (Å²) in [6.07, 6.45) is 6.25. The van der Waals surface area contributed by atoms with Crippen molar-refractivity contribution in [1.29, 1.82) is 0 Å². The van der Waals surface area contributed by atoms with E-state index in [1.807, 2.05) is 0 Å². The van der Waals surface area contributed by atoms with Gasteiger partial charge in [0.25, 0.3) is 0 Å². The van der Waals surface area contributed by atoms with E-state index in [0.29, 0.717) is 6.42 Å². The smallest absolute Gasteiger partial charge is 0.0854 e. The lowest BCUT2D eigenvalue weighted by Gasteiger charge is -2.28. The summed E-state index contributed by atoms with van der Waals surface area (Å²) in [4.78, 5) is 0. The molecule has 0 saturated heterocycles. The number of aryl methyl sites for hydroxylation is 1. The van der Waals surface area contributed by atoms with E-state index in [1.165, 1.54) is 53.0 Å². The van der Waals surface area contributed by atoms with Crippen LogP contribution in [0.25, 0.3) is 16.9 Å². The third-order valence-corrected chi connectivity index (χ3v) is 6.82. The van der Waals surface area contributed by atoms with E-state index in [4.69, 9.17) is 0 Å². The van der Waals surface area contributed by atoms with Crippen molar-refractivity contribution in [1.82, 2.24) is 4.57 Å². The molecule has 2 nitrogen and oxygen atoms in total. The summed E-state index contributed by atoms with van der Waals surface area (Å²) < 4.78 is 2.48. The van der Waals surface area contributed by atoms with Gasteiger partial charge in [0.15, 0.2) is 0 Å². The van der Waals surface area contributed by atoms with Crippen LogP contribution in [0, 0.1) is 11.8 Å². The van der Waals surface area contributed by atoms with Gasteiger partial charge in [0.1, 0.15) is 0 Å². The number of fused-ring (bicyclic) bond motifs is 1. The van der Waals surface area contributed by atoms with E-state index in [0.717, 1.165) is 24.7 Å². The highest BCUT2D eigenvalue weighted by atomic mass is 16.3. The minimum Gasteiger partial charge on any atom is -0.513 e. The van der Waals surface area contributed by atoms with Gasteiger partial charge < -0.3 is 9.67 Å². The van der Waals surface area contributed by atoms with Crippen LogP contribution in [0.15, 0.2) is 73.0 Å². The first-order valence-corrected chi connectivity index (χ1v) is 11.3. The molecule has 2 unspecified atom stereocenters. The normalized spacial score (nSPS) is 16.8. The van der Waals surface area contributed by atoms with Crippen molar-refractivity contribution in [3.8, 4) is 16.9 Å². The van der Waals surface area contributed by atoms with Gasteiger partial charge in [-0.1, -0.05) is 69.3 Å². The van der Waals surface area contributed by atoms with Crippen molar-refractivity contribution in [3.63, 3.8) is 0 Å². The molecule has 1 aromatic heterocycles. The monoisotopic (exact) mass is 399 g/mol. The quantitative estimate of drug-likeness (QED) is 0.414. The predicted molar refractivity (Wildman–Crippen MR) is 126 cm³/mol. The molecule has 0 aliphatic heterocycles. The van der Waals surface area contributed by atoms with E-state index >= 15 is 0 Å². The Kier molecular flexibility index (Phi) is 6.13. The molecule has 156 valence electrons. The third kappa shape index (κ3) is 4.23. The summed E-state index contributed by atoms with van der Waals surface area (Å²) in [5.41, 5.74) is 7.99. The number of aliphatic hydroxyl groups excluding tert-OH is 1. The number of hydrogen-bond donors (Lipinski definition) is 1. The molecule has 4 rings (SSSR count). The Bertz CT molecular complexity index is 1010. The summed E-state index contributed by atoms with van der Waals surface area (Å²) in [6.45, 7) is 8.35. The molecule has 2 atom stereocenters. The van der Waals surface area contributed by atoms with Gasteiger partial charge in [0, 0.05) is 17.8 Å². The van der Waals surface area contributed by atoms with E-state index < -0.39 is 0 Å². The Morgan fingerprint density at radius 3 is 2.67 bits per heavy atom. The zero-order valence-electron chi connectivity index (χ0n) is 18.3. The average Bonchev–Trinajstić information content (AvgIpc) is 3.16. The summed E-state index contributed by atoms with van der Waals surface area (Å²) in [5, 5.41) is 9.51. The molecule has 0 fully saturated rings. The fourth-order valence-electron chi connectivity index (χ4n) is 4.83. The Morgan fingerprint density at radius 1 is 1.13 bits per heavy atom. The van der Waals surface area contributed by atoms with Crippen LogP contribution in [-0.4, -0.2) is 9.67 Å². The zero-order chi connectivity index (χ0) is 21.1. The number of benzene rings is 2.